The summed E-state index contributed by atoms with van der Waals surface area (Å²) in [5, 5.41) is 93.1. The molecule has 0 radical (unpaired) electrons. The first-order chi connectivity index (χ1) is 28.0. The first kappa shape index (κ1) is 49.9. The van der Waals surface area contributed by atoms with Gasteiger partial charge in [-0.3, -0.25) is 9.59 Å². The molecule has 0 aromatic heterocycles. The summed E-state index contributed by atoms with van der Waals surface area (Å²) in [6, 6.07) is -2.15. The van der Waals surface area contributed by atoms with Gasteiger partial charge < -0.3 is 94.1 Å². The fraction of sp³-hybridized carbons (Fsp3) is 0.947. The summed E-state index contributed by atoms with van der Waals surface area (Å²) >= 11 is 0. The number of hydrogen-bond donors (Lipinski definition) is 10. The molecule has 20 atom stereocenters. The fourth-order valence-corrected chi connectivity index (χ4v) is 7.96. The van der Waals surface area contributed by atoms with Gasteiger partial charge in [0.05, 0.1) is 75.7 Å². The highest BCUT2D eigenvalue weighted by molar-refractivity contribution is 5.73. The predicted octanol–water partition coefficient (Wildman–Crippen LogP) is -3.81. The van der Waals surface area contributed by atoms with Gasteiger partial charge in [-0.05, 0) is 32.1 Å². The van der Waals surface area contributed by atoms with Crippen LogP contribution in [0.1, 0.15) is 59.8 Å². The Balaban J connectivity index is 1.54. The number of carbonyl (C=O) groups is 2. The van der Waals surface area contributed by atoms with Gasteiger partial charge in [0.15, 0.2) is 12.6 Å². The molecular formula is C38H68N2O19. The van der Waals surface area contributed by atoms with Gasteiger partial charge in [-0.15, -0.1) is 0 Å². The van der Waals surface area contributed by atoms with E-state index in [2.05, 4.69) is 10.6 Å². The molecule has 2 amide bonds. The van der Waals surface area contributed by atoms with E-state index in [0.29, 0.717) is 12.8 Å². The Morgan fingerprint density at radius 3 is 1.75 bits per heavy atom. The van der Waals surface area contributed by atoms with E-state index in [1.54, 1.807) is 13.8 Å². The number of aliphatic hydroxyl groups excluding tert-OH is 8. The molecule has 20 unspecified atom stereocenters. The van der Waals surface area contributed by atoms with E-state index in [9.17, 15) is 50.4 Å². The van der Waals surface area contributed by atoms with Crippen molar-refractivity contribution in [1.29, 1.82) is 0 Å². The first-order valence-electron chi connectivity index (χ1n) is 20.5. The van der Waals surface area contributed by atoms with Gasteiger partial charge >= 0.3 is 0 Å². The number of aliphatic hydroxyl groups is 8. The molecule has 59 heavy (non-hydrogen) atoms. The number of hydrogen-bond acceptors (Lipinski definition) is 19. The van der Waals surface area contributed by atoms with Crippen LogP contribution in [0, 0.1) is 5.92 Å². The molecule has 4 rings (SSSR count). The van der Waals surface area contributed by atoms with Crippen LogP contribution in [0.4, 0.5) is 0 Å². The maximum Gasteiger partial charge on any atom is 0.217 e. The van der Waals surface area contributed by atoms with Crippen LogP contribution in [0.5, 0.6) is 0 Å². The van der Waals surface area contributed by atoms with Crippen molar-refractivity contribution in [1.82, 2.24) is 10.6 Å². The molecule has 10 N–H and O–H groups in total. The zero-order valence-electron chi connectivity index (χ0n) is 34.7. The van der Waals surface area contributed by atoms with E-state index < -0.39 is 134 Å². The zero-order chi connectivity index (χ0) is 43.6. The largest absolute Gasteiger partial charge is 0.391 e. The number of nitrogens with one attached hydrogen (secondary N) is 2. The lowest BCUT2D eigenvalue weighted by Crippen LogP contribution is -2.67. The third kappa shape index (κ3) is 13.1. The van der Waals surface area contributed by atoms with Crippen molar-refractivity contribution in [2.45, 2.75) is 176 Å². The normalized spacial score (nSPS) is 41.5. The Bertz CT molecular complexity index is 1270. The lowest BCUT2D eigenvalue weighted by atomic mass is 9.78. The highest BCUT2D eigenvalue weighted by atomic mass is 16.7. The summed E-state index contributed by atoms with van der Waals surface area (Å²) in [5.74, 6) is -1.72. The van der Waals surface area contributed by atoms with Crippen molar-refractivity contribution < 1.29 is 93.1 Å². The summed E-state index contributed by atoms with van der Waals surface area (Å²) < 4.78 is 52.5. The highest BCUT2D eigenvalue weighted by Crippen LogP contribution is 2.37. The van der Waals surface area contributed by atoms with Crippen molar-refractivity contribution in [2.75, 3.05) is 47.3 Å². The molecule has 2 aliphatic carbocycles. The Kier molecular flexibility index (Phi) is 20.0. The summed E-state index contributed by atoms with van der Waals surface area (Å²) in [4.78, 5) is 24.8. The van der Waals surface area contributed by atoms with Crippen molar-refractivity contribution in [2.24, 2.45) is 5.92 Å². The molecule has 0 aromatic carbocycles. The first-order valence-corrected chi connectivity index (χ1v) is 20.5. The standard InChI is InChI=1S/C38H68N2O19/c1-7-20(43)13-53-12-19-11-24(27(39-17(3)41)35(29(19)45)59-38-34(50)32(48)25(51-5)16-55-38)56-22-9-10-23(31(47)30(22)46)57-36-28(40-18(4)42)37(52-6)58-26(33(36)49)15-54-14-21(44)8-2/h19-38,43-50H,7-16H2,1-6H3,(H,39,41)(H,40,42). The van der Waals surface area contributed by atoms with Gasteiger partial charge in [0.25, 0.3) is 0 Å². The van der Waals surface area contributed by atoms with Crippen molar-refractivity contribution in [3.63, 3.8) is 0 Å². The third-order valence-electron chi connectivity index (χ3n) is 11.5. The molecule has 4 fully saturated rings. The van der Waals surface area contributed by atoms with Crippen LogP contribution in [0.15, 0.2) is 0 Å². The van der Waals surface area contributed by atoms with Gasteiger partial charge in [-0.2, -0.15) is 0 Å². The molecule has 344 valence electrons. The second kappa shape index (κ2) is 23.6. The van der Waals surface area contributed by atoms with Crippen LogP contribution in [-0.2, 0) is 52.2 Å². The SMILES string of the molecule is CCC(O)COCC1CC(OC2CCC(OC3C(O)C(COCC(O)CC)OC(OC)C3NC(C)=O)C(O)C2O)C(NC(C)=O)C(OC2OCC(OC)C(O)C2O)C1O. The Hall–Kier alpha value is -1.74. The lowest BCUT2D eigenvalue weighted by Gasteiger charge is -2.49. The summed E-state index contributed by atoms with van der Waals surface area (Å²) in [6.45, 7) is 5.66. The van der Waals surface area contributed by atoms with Gasteiger partial charge in [0.1, 0.15) is 61.0 Å². The lowest BCUT2D eigenvalue weighted by molar-refractivity contribution is -0.307. The van der Waals surface area contributed by atoms with Crippen molar-refractivity contribution >= 4 is 11.8 Å². The third-order valence-corrected chi connectivity index (χ3v) is 11.5. The van der Waals surface area contributed by atoms with E-state index >= 15 is 0 Å². The molecule has 0 spiro atoms. The molecule has 0 bridgehead atoms. The molecule has 21 nitrogen and oxygen atoms in total. The van der Waals surface area contributed by atoms with Crippen molar-refractivity contribution in [3.8, 4) is 0 Å². The second-order valence-electron chi connectivity index (χ2n) is 15.9. The number of methoxy groups -OCH3 is 2. The minimum atomic E-state index is -1.60. The van der Waals surface area contributed by atoms with Crippen LogP contribution in [0.2, 0.25) is 0 Å². The summed E-state index contributed by atoms with van der Waals surface area (Å²) in [5.41, 5.74) is 0. The Labute approximate surface area is 344 Å². The number of amides is 2. The van der Waals surface area contributed by atoms with Gasteiger partial charge in [0.2, 0.25) is 11.8 Å². The smallest absolute Gasteiger partial charge is 0.217 e. The fourth-order valence-electron chi connectivity index (χ4n) is 7.96. The Morgan fingerprint density at radius 2 is 1.19 bits per heavy atom. The molecule has 2 aliphatic heterocycles. The second-order valence-corrected chi connectivity index (χ2v) is 15.9. The minimum absolute atomic E-state index is 0.0179. The van der Waals surface area contributed by atoms with Crippen LogP contribution >= 0.6 is 0 Å². The van der Waals surface area contributed by atoms with E-state index in [-0.39, 0.29) is 52.3 Å². The van der Waals surface area contributed by atoms with E-state index in [1.165, 1.54) is 28.1 Å². The quantitative estimate of drug-likeness (QED) is 0.0561. The van der Waals surface area contributed by atoms with Crippen LogP contribution in [0.3, 0.4) is 0 Å². The van der Waals surface area contributed by atoms with Crippen LogP contribution in [0.25, 0.3) is 0 Å². The number of rotatable bonds is 20. The van der Waals surface area contributed by atoms with Crippen molar-refractivity contribution in [3.05, 3.63) is 0 Å². The van der Waals surface area contributed by atoms with Crippen LogP contribution < -0.4 is 10.6 Å². The number of carbonyl (C=O) groups excluding carboxylic acids is 2. The molecule has 21 heteroatoms. The average molecular weight is 857 g/mol. The van der Waals surface area contributed by atoms with E-state index in [0.717, 1.165) is 0 Å². The van der Waals surface area contributed by atoms with E-state index in [1.807, 2.05) is 0 Å². The van der Waals surface area contributed by atoms with Gasteiger partial charge in [-0.25, -0.2) is 0 Å². The maximum atomic E-state index is 12.6. The Morgan fingerprint density at radius 1 is 0.644 bits per heavy atom. The van der Waals surface area contributed by atoms with Crippen LogP contribution in [-0.4, -0.2) is 216 Å². The highest BCUT2D eigenvalue weighted by Gasteiger charge is 2.53. The molecular weight excluding hydrogens is 788 g/mol. The molecule has 0 aromatic rings. The van der Waals surface area contributed by atoms with Gasteiger partial charge in [0, 0.05) is 34.0 Å². The maximum absolute atomic E-state index is 12.6. The molecule has 2 saturated carbocycles. The summed E-state index contributed by atoms with van der Waals surface area (Å²) in [6.07, 6.45) is -19.4. The topological polar surface area (TPSA) is 303 Å². The molecule has 2 saturated heterocycles. The number of ether oxygens (including phenoxy) is 9. The monoisotopic (exact) mass is 856 g/mol. The summed E-state index contributed by atoms with van der Waals surface area (Å²) in [7, 11) is 2.69. The zero-order valence-corrected chi connectivity index (χ0v) is 34.7. The molecule has 4 aliphatic rings. The minimum Gasteiger partial charge on any atom is -0.391 e. The van der Waals surface area contributed by atoms with E-state index in [4.69, 9.17) is 42.6 Å². The molecule has 2 heterocycles. The van der Waals surface area contributed by atoms with Gasteiger partial charge in [-0.1, -0.05) is 13.8 Å². The predicted molar refractivity (Wildman–Crippen MR) is 201 cm³/mol. The average Bonchev–Trinajstić information content (AvgIpc) is 3.20.